The van der Waals surface area contributed by atoms with Gasteiger partial charge in [-0.3, -0.25) is 4.79 Å². The normalized spacial score (nSPS) is 16.2. The second-order valence-corrected chi connectivity index (χ2v) is 7.21. The molecule has 1 saturated heterocycles. The fraction of sp³-hybridized carbons (Fsp3) is 0.500. The Hall–Kier alpha value is -1.38. The van der Waals surface area contributed by atoms with Crippen molar-refractivity contribution in [2.24, 2.45) is 7.05 Å². The molecule has 1 fully saturated rings. The number of rotatable bonds is 4. The lowest BCUT2D eigenvalue weighted by Gasteiger charge is -2.32. The number of likely N-dealkylation sites (N-methyl/N-ethyl adjacent to an activating group) is 1. The lowest BCUT2D eigenvalue weighted by Crippen LogP contribution is -2.47. The molecule has 3 heterocycles. The maximum atomic E-state index is 12.3. The zero-order chi connectivity index (χ0) is 15.5. The molecule has 0 saturated carbocycles. The molecule has 1 aliphatic rings. The van der Waals surface area contributed by atoms with Crippen molar-refractivity contribution < 1.29 is 4.79 Å². The van der Waals surface area contributed by atoms with Gasteiger partial charge in [-0.25, -0.2) is 0 Å². The summed E-state index contributed by atoms with van der Waals surface area (Å²) in [5.41, 5.74) is 0. The lowest BCUT2D eigenvalue weighted by molar-refractivity contribution is -0.129. The molecule has 2 aromatic rings. The van der Waals surface area contributed by atoms with Crippen molar-refractivity contribution in [3.63, 3.8) is 0 Å². The van der Waals surface area contributed by atoms with Crippen LogP contribution in [0.25, 0.3) is 10.7 Å². The third kappa shape index (κ3) is 3.34. The summed E-state index contributed by atoms with van der Waals surface area (Å²) < 4.78 is 1.95. The summed E-state index contributed by atoms with van der Waals surface area (Å²) in [7, 11) is 4.03. The van der Waals surface area contributed by atoms with Crippen molar-refractivity contribution in [1.29, 1.82) is 0 Å². The highest BCUT2D eigenvalue weighted by Gasteiger charge is 2.20. The summed E-state index contributed by atoms with van der Waals surface area (Å²) in [6.07, 6.45) is 0. The number of carbonyl (C=O) groups excluding carboxylic acids is 1. The van der Waals surface area contributed by atoms with Crippen molar-refractivity contribution in [3.8, 4) is 10.7 Å². The largest absolute Gasteiger partial charge is 0.339 e. The molecule has 3 rings (SSSR count). The first-order chi connectivity index (χ1) is 10.6. The standard InChI is InChI=1S/C14H19N5OS2/c1-17-5-7-19(8-6-17)12(20)10-22-14-16-15-13(18(14)2)11-4-3-9-21-11/h3-4,9H,5-8,10H2,1-2H3. The van der Waals surface area contributed by atoms with E-state index in [-0.39, 0.29) is 5.91 Å². The van der Waals surface area contributed by atoms with E-state index in [1.807, 2.05) is 34.0 Å². The van der Waals surface area contributed by atoms with Crippen molar-refractivity contribution in [2.45, 2.75) is 5.16 Å². The Bertz CT molecular complexity index is 632. The van der Waals surface area contributed by atoms with Gasteiger partial charge < -0.3 is 14.4 Å². The van der Waals surface area contributed by atoms with E-state index in [9.17, 15) is 4.79 Å². The molecule has 0 bridgehead atoms. The first-order valence-corrected chi connectivity index (χ1v) is 9.04. The summed E-state index contributed by atoms with van der Waals surface area (Å²) in [4.78, 5) is 17.5. The van der Waals surface area contributed by atoms with Crippen LogP contribution in [0.1, 0.15) is 0 Å². The Morgan fingerprint density at radius 2 is 2.05 bits per heavy atom. The molecule has 0 radical (unpaired) electrons. The van der Waals surface area contributed by atoms with Crippen LogP contribution in [0.5, 0.6) is 0 Å². The number of piperazine rings is 1. The van der Waals surface area contributed by atoms with Gasteiger partial charge in [0.15, 0.2) is 11.0 Å². The first kappa shape index (κ1) is 15.5. The maximum Gasteiger partial charge on any atom is 0.233 e. The highest BCUT2D eigenvalue weighted by atomic mass is 32.2. The third-order valence-corrected chi connectivity index (χ3v) is 5.63. The van der Waals surface area contributed by atoms with E-state index >= 15 is 0 Å². The molecule has 0 aromatic carbocycles. The summed E-state index contributed by atoms with van der Waals surface area (Å²) >= 11 is 3.10. The van der Waals surface area contributed by atoms with Crippen LogP contribution in [0, 0.1) is 0 Å². The Labute approximate surface area is 138 Å². The van der Waals surface area contributed by atoms with Gasteiger partial charge in [-0.2, -0.15) is 0 Å². The number of carbonyl (C=O) groups is 1. The molecule has 118 valence electrons. The molecule has 0 N–H and O–H groups in total. The second-order valence-electron chi connectivity index (χ2n) is 5.32. The van der Waals surface area contributed by atoms with Crippen LogP contribution in [0.4, 0.5) is 0 Å². The predicted octanol–water partition coefficient (Wildman–Crippen LogP) is 1.41. The number of thioether (sulfide) groups is 1. The number of aromatic nitrogens is 3. The van der Waals surface area contributed by atoms with Crippen LogP contribution < -0.4 is 0 Å². The quantitative estimate of drug-likeness (QED) is 0.790. The highest BCUT2D eigenvalue weighted by molar-refractivity contribution is 7.99. The molecule has 22 heavy (non-hydrogen) atoms. The van der Waals surface area contributed by atoms with Crippen molar-refractivity contribution in [3.05, 3.63) is 17.5 Å². The van der Waals surface area contributed by atoms with Gasteiger partial charge in [0, 0.05) is 33.2 Å². The average Bonchev–Trinajstić information content (AvgIpc) is 3.15. The van der Waals surface area contributed by atoms with Gasteiger partial charge in [-0.15, -0.1) is 21.5 Å². The molecule has 8 heteroatoms. The van der Waals surface area contributed by atoms with E-state index in [0.29, 0.717) is 5.75 Å². The molecule has 0 spiro atoms. The fourth-order valence-corrected chi connectivity index (χ4v) is 3.89. The van der Waals surface area contributed by atoms with Gasteiger partial charge in [0.2, 0.25) is 5.91 Å². The van der Waals surface area contributed by atoms with Gasteiger partial charge in [-0.05, 0) is 18.5 Å². The van der Waals surface area contributed by atoms with Crippen LogP contribution in [0.3, 0.4) is 0 Å². The number of thiophene rings is 1. The first-order valence-electron chi connectivity index (χ1n) is 7.17. The number of amides is 1. The minimum atomic E-state index is 0.179. The number of hydrogen-bond acceptors (Lipinski definition) is 6. The average molecular weight is 337 g/mol. The van der Waals surface area contributed by atoms with Gasteiger partial charge in [0.05, 0.1) is 10.6 Å². The Morgan fingerprint density at radius 3 is 2.73 bits per heavy atom. The highest BCUT2D eigenvalue weighted by Crippen LogP contribution is 2.26. The maximum absolute atomic E-state index is 12.3. The fourth-order valence-electron chi connectivity index (χ4n) is 2.33. The molecule has 0 unspecified atom stereocenters. The van der Waals surface area contributed by atoms with E-state index in [0.717, 1.165) is 42.0 Å². The van der Waals surface area contributed by atoms with Crippen LogP contribution in [-0.2, 0) is 11.8 Å². The predicted molar refractivity (Wildman–Crippen MR) is 89.1 cm³/mol. The molecular weight excluding hydrogens is 318 g/mol. The zero-order valence-corrected chi connectivity index (χ0v) is 14.4. The molecule has 1 amide bonds. The van der Waals surface area contributed by atoms with Crippen LogP contribution in [0.2, 0.25) is 0 Å². The Kier molecular flexibility index (Phi) is 4.80. The Balaban J connectivity index is 1.59. The van der Waals surface area contributed by atoms with Crippen LogP contribution in [-0.4, -0.2) is 69.5 Å². The SMILES string of the molecule is CN1CCN(C(=O)CSc2nnc(-c3cccs3)n2C)CC1. The summed E-state index contributed by atoms with van der Waals surface area (Å²) in [5.74, 6) is 1.45. The summed E-state index contributed by atoms with van der Waals surface area (Å²) in [6, 6.07) is 4.02. The second kappa shape index (κ2) is 6.80. The Morgan fingerprint density at radius 1 is 1.27 bits per heavy atom. The smallest absolute Gasteiger partial charge is 0.233 e. The van der Waals surface area contributed by atoms with Gasteiger partial charge in [-0.1, -0.05) is 17.8 Å². The van der Waals surface area contributed by atoms with E-state index in [2.05, 4.69) is 22.1 Å². The zero-order valence-electron chi connectivity index (χ0n) is 12.7. The van der Waals surface area contributed by atoms with Crippen LogP contribution in [0.15, 0.2) is 22.7 Å². The molecule has 1 aliphatic heterocycles. The van der Waals surface area contributed by atoms with E-state index in [1.165, 1.54) is 11.8 Å². The molecular formula is C14H19N5OS2. The van der Waals surface area contributed by atoms with E-state index < -0.39 is 0 Å². The minimum absolute atomic E-state index is 0.179. The van der Waals surface area contributed by atoms with E-state index in [4.69, 9.17) is 0 Å². The third-order valence-electron chi connectivity index (χ3n) is 3.76. The van der Waals surface area contributed by atoms with Crippen molar-refractivity contribution >= 4 is 29.0 Å². The molecule has 6 nitrogen and oxygen atoms in total. The number of nitrogens with zero attached hydrogens (tertiary/aromatic N) is 5. The topological polar surface area (TPSA) is 54.3 Å². The summed E-state index contributed by atoms with van der Waals surface area (Å²) in [5, 5.41) is 11.2. The van der Waals surface area contributed by atoms with Crippen molar-refractivity contribution in [1.82, 2.24) is 24.6 Å². The molecule has 0 atom stereocenters. The van der Waals surface area contributed by atoms with Crippen molar-refractivity contribution in [2.75, 3.05) is 39.0 Å². The monoisotopic (exact) mass is 337 g/mol. The van der Waals surface area contributed by atoms with Gasteiger partial charge in [0.1, 0.15) is 0 Å². The van der Waals surface area contributed by atoms with Gasteiger partial charge in [0.25, 0.3) is 0 Å². The molecule has 0 aliphatic carbocycles. The van der Waals surface area contributed by atoms with E-state index in [1.54, 1.807) is 11.3 Å². The summed E-state index contributed by atoms with van der Waals surface area (Å²) in [6.45, 7) is 3.52. The molecule has 2 aromatic heterocycles. The van der Waals surface area contributed by atoms with Crippen LogP contribution >= 0.6 is 23.1 Å². The number of hydrogen-bond donors (Lipinski definition) is 0. The van der Waals surface area contributed by atoms with Gasteiger partial charge >= 0.3 is 0 Å². The minimum Gasteiger partial charge on any atom is -0.339 e. The lowest BCUT2D eigenvalue weighted by atomic mass is 10.3.